The normalized spacial score (nSPS) is 11.0. The average Bonchev–Trinajstić information content (AvgIpc) is 3.01. The van der Waals surface area contributed by atoms with E-state index in [2.05, 4.69) is 19.7 Å². The molecule has 0 atom stereocenters. The van der Waals surface area contributed by atoms with Crippen LogP contribution in [0.2, 0.25) is 0 Å². The molecule has 0 saturated carbocycles. The summed E-state index contributed by atoms with van der Waals surface area (Å²) in [6.45, 7) is 18.7. The van der Waals surface area contributed by atoms with E-state index in [0.717, 1.165) is 11.1 Å². The van der Waals surface area contributed by atoms with Gasteiger partial charge in [0.15, 0.2) is 23.0 Å². The Morgan fingerprint density at radius 2 is 0.911 bits per heavy atom. The second-order valence-corrected chi connectivity index (χ2v) is 10.2. The Hall–Kier alpha value is -5.76. The van der Waals surface area contributed by atoms with Crippen molar-refractivity contribution in [1.29, 1.82) is 0 Å². The van der Waals surface area contributed by atoms with E-state index in [1.807, 2.05) is 36.4 Å². The molecule has 3 aromatic rings. The van der Waals surface area contributed by atoms with Crippen molar-refractivity contribution in [2.45, 2.75) is 34.6 Å². The largest absolute Gasteiger partial charge is 0.419 e. The first kappa shape index (κ1) is 33.7. The highest BCUT2D eigenvalue weighted by Gasteiger charge is 2.17. The first-order chi connectivity index (χ1) is 21.3. The molecule has 0 unspecified atom stereocenters. The Bertz CT molecular complexity index is 1750. The lowest BCUT2D eigenvalue weighted by Gasteiger charge is -2.13. The minimum atomic E-state index is -0.655. The van der Waals surface area contributed by atoms with Crippen LogP contribution in [0.5, 0.6) is 23.0 Å². The molecule has 3 rings (SSSR count). The molecule has 0 bridgehead atoms. The molecule has 45 heavy (non-hydrogen) atoms. The molecular formula is C37H34O8. The lowest BCUT2D eigenvalue weighted by Crippen LogP contribution is -2.13. The highest BCUT2D eigenvalue weighted by molar-refractivity contribution is 5.92. The van der Waals surface area contributed by atoms with Gasteiger partial charge in [-0.3, -0.25) is 0 Å². The topological polar surface area (TPSA) is 105 Å². The van der Waals surface area contributed by atoms with E-state index < -0.39 is 23.9 Å². The molecule has 0 saturated heterocycles. The SMILES string of the molecule is C=C(C)C(=O)Oc1ccc(-c2ccc(/C=C/c3ccc(OC(=O)C(=C)C)c(OC(=O)/C(C)=C/C)c3)cc2)cc1OC(=O)C(=C)C. The van der Waals surface area contributed by atoms with Crippen molar-refractivity contribution < 1.29 is 38.1 Å². The molecule has 0 radical (unpaired) electrons. The van der Waals surface area contributed by atoms with Gasteiger partial charge < -0.3 is 18.9 Å². The number of allylic oxidation sites excluding steroid dienone is 1. The summed E-state index contributed by atoms with van der Waals surface area (Å²) < 4.78 is 21.6. The number of hydrogen-bond acceptors (Lipinski definition) is 8. The Kier molecular flexibility index (Phi) is 11.3. The van der Waals surface area contributed by atoms with Crippen LogP contribution in [0, 0.1) is 0 Å². The van der Waals surface area contributed by atoms with Gasteiger partial charge in [-0.05, 0) is 81.1 Å². The van der Waals surface area contributed by atoms with Crippen LogP contribution in [-0.2, 0) is 19.2 Å². The third-order valence-electron chi connectivity index (χ3n) is 6.23. The number of carbonyl (C=O) groups is 4. The monoisotopic (exact) mass is 606 g/mol. The maximum absolute atomic E-state index is 12.4. The third kappa shape index (κ3) is 9.36. The molecular weight excluding hydrogens is 572 g/mol. The quantitative estimate of drug-likeness (QED) is 0.0941. The molecule has 0 aliphatic rings. The molecule has 0 N–H and O–H groups in total. The van der Waals surface area contributed by atoms with Gasteiger partial charge in [0.1, 0.15) is 0 Å². The molecule has 8 heteroatoms. The predicted molar refractivity (Wildman–Crippen MR) is 174 cm³/mol. The molecule has 0 aliphatic carbocycles. The summed E-state index contributed by atoms with van der Waals surface area (Å²) in [4.78, 5) is 48.9. The molecule has 0 spiro atoms. The van der Waals surface area contributed by atoms with Gasteiger partial charge in [-0.25, -0.2) is 19.2 Å². The van der Waals surface area contributed by atoms with E-state index in [4.69, 9.17) is 18.9 Å². The number of ether oxygens (including phenoxy) is 4. The van der Waals surface area contributed by atoms with Crippen LogP contribution in [0.25, 0.3) is 23.3 Å². The van der Waals surface area contributed by atoms with Crippen molar-refractivity contribution in [3.63, 3.8) is 0 Å². The predicted octanol–water partition coefficient (Wildman–Crippen LogP) is 7.84. The maximum atomic E-state index is 12.4. The maximum Gasteiger partial charge on any atom is 0.338 e. The minimum absolute atomic E-state index is 0.0672. The van der Waals surface area contributed by atoms with Gasteiger partial charge in [0.25, 0.3) is 0 Å². The summed E-state index contributed by atoms with van der Waals surface area (Å²) in [7, 11) is 0. The number of rotatable bonds is 11. The summed E-state index contributed by atoms with van der Waals surface area (Å²) in [5, 5.41) is 0. The highest BCUT2D eigenvalue weighted by Crippen LogP contribution is 2.34. The van der Waals surface area contributed by atoms with Crippen LogP contribution >= 0.6 is 0 Å². The van der Waals surface area contributed by atoms with E-state index in [-0.39, 0.29) is 39.7 Å². The van der Waals surface area contributed by atoms with Crippen LogP contribution in [0.15, 0.2) is 109 Å². The smallest absolute Gasteiger partial charge is 0.338 e. The van der Waals surface area contributed by atoms with Gasteiger partial charge in [-0.15, -0.1) is 0 Å². The number of benzene rings is 3. The number of esters is 4. The first-order valence-corrected chi connectivity index (χ1v) is 13.8. The van der Waals surface area contributed by atoms with Gasteiger partial charge in [0.2, 0.25) is 0 Å². The van der Waals surface area contributed by atoms with Crippen molar-refractivity contribution in [3.05, 3.63) is 120 Å². The second kappa shape index (κ2) is 15.1. The average molecular weight is 607 g/mol. The van der Waals surface area contributed by atoms with Crippen LogP contribution in [0.4, 0.5) is 0 Å². The van der Waals surface area contributed by atoms with Crippen LogP contribution in [-0.4, -0.2) is 23.9 Å². The standard InChI is InChI=1S/C37H34O8/c1-9-25(8)37(41)45-32-20-27(14-18-30(32)42-34(38)22(2)3)11-10-26-12-15-28(16-13-26)29-17-19-31(43-35(39)23(4)5)33(21-29)44-36(40)24(6)7/h9-21H,2,4,6H2,1,3,5,7-8H3/b11-10+,25-9+. The Morgan fingerprint density at radius 3 is 1.42 bits per heavy atom. The fourth-order valence-corrected chi connectivity index (χ4v) is 3.48. The first-order valence-electron chi connectivity index (χ1n) is 13.8. The Labute approximate surface area is 262 Å². The zero-order valence-electron chi connectivity index (χ0n) is 25.9. The molecule has 8 nitrogen and oxygen atoms in total. The summed E-state index contributed by atoms with van der Waals surface area (Å²) in [6.07, 6.45) is 5.30. The van der Waals surface area contributed by atoms with E-state index in [1.54, 1.807) is 56.3 Å². The molecule has 230 valence electrons. The van der Waals surface area contributed by atoms with Crippen molar-refractivity contribution in [1.82, 2.24) is 0 Å². The van der Waals surface area contributed by atoms with Crippen LogP contribution < -0.4 is 18.9 Å². The lowest BCUT2D eigenvalue weighted by atomic mass is 10.0. The van der Waals surface area contributed by atoms with Crippen molar-refractivity contribution >= 4 is 36.0 Å². The fraction of sp³-hybridized carbons (Fsp3) is 0.135. The van der Waals surface area contributed by atoms with Crippen molar-refractivity contribution in [2.75, 3.05) is 0 Å². The molecule has 0 heterocycles. The second-order valence-electron chi connectivity index (χ2n) is 10.2. The van der Waals surface area contributed by atoms with Crippen molar-refractivity contribution in [3.8, 4) is 34.1 Å². The fourth-order valence-electron chi connectivity index (χ4n) is 3.48. The van der Waals surface area contributed by atoms with Gasteiger partial charge >= 0.3 is 23.9 Å². The number of hydrogen-bond donors (Lipinski definition) is 0. The summed E-state index contributed by atoms with van der Waals surface area (Å²) in [6, 6.07) is 17.3. The Balaban J connectivity index is 1.87. The highest BCUT2D eigenvalue weighted by atomic mass is 16.6. The zero-order chi connectivity index (χ0) is 33.3. The van der Waals surface area contributed by atoms with Crippen LogP contribution in [0.1, 0.15) is 45.7 Å². The Morgan fingerprint density at radius 1 is 0.511 bits per heavy atom. The van der Waals surface area contributed by atoms with Gasteiger partial charge in [-0.2, -0.15) is 0 Å². The molecule has 0 aromatic heterocycles. The van der Waals surface area contributed by atoms with Crippen LogP contribution in [0.3, 0.4) is 0 Å². The lowest BCUT2D eigenvalue weighted by molar-refractivity contribution is -0.132. The summed E-state index contributed by atoms with van der Waals surface area (Å²) in [5.74, 6) is -2.18. The van der Waals surface area contributed by atoms with Crippen molar-refractivity contribution in [2.24, 2.45) is 0 Å². The van der Waals surface area contributed by atoms with E-state index in [0.29, 0.717) is 16.7 Å². The van der Waals surface area contributed by atoms with Gasteiger partial charge in [0.05, 0.1) is 0 Å². The molecule has 3 aromatic carbocycles. The minimum Gasteiger partial charge on any atom is -0.419 e. The van der Waals surface area contributed by atoms with E-state index >= 15 is 0 Å². The van der Waals surface area contributed by atoms with Gasteiger partial charge in [-0.1, -0.05) is 74.4 Å². The van der Waals surface area contributed by atoms with E-state index in [9.17, 15) is 19.2 Å². The number of carbonyl (C=O) groups excluding carboxylic acids is 4. The molecule has 0 amide bonds. The summed E-state index contributed by atoms with van der Waals surface area (Å²) >= 11 is 0. The van der Waals surface area contributed by atoms with Gasteiger partial charge in [0, 0.05) is 22.3 Å². The third-order valence-corrected chi connectivity index (χ3v) is 6.23. The zero-order valence-corrected chi connectivity index (χ0v) is 25.9. The molecule has 0 fully saturated rings. The molecule has 0 aliphatic heterocycles. The summed E-state index contributed by atoms with van der Waals surface area (Å²) in [5.41, 5.74) is 4.08. The van der Waals surface area contributed by atoms with E-state index in [1.165, 1.54) is 20.8 Å².